The average Bonchev–Trinajstić information content (AvgIpc) is 2.62. The SMILES string of the molecule is Cc1nn(C)c(CSc2ccc(C(C)O)cc2)c1Br. The molecule has 19 heavy (non-hydrogen) atoms. The Labute approximate surface area is 126 Å². The Morgan fingerprint density at radius 2 is 2.00 bits per heavy atom. The van der Waals surface area contributed by atoms with Crippen molar-refractivity contribution in [3.63, 3.8) is 0 Å². The highest BCUT2D eigenvalue weighted by atomic mass is 79.9. The molecule has 102 valence electrons. The molecule has 0 aliphatic heterocycles. The van der Waals surface area contributed by atoms with E-state index in [1.807, 2.05) is 42.9 Å². The van der Waals surface area contributed by atoms with Crippen molar-refractivity contribution in [1.29, 1.82) is 0 Å². The summed E-state index contributed by atoms with van der Waals surface area (Å²) in [4.78, 5) is 1.19. The molecule has 1 unspecified atom stereocenters. The van der Waals surface area contributed by atoms with Crippen LogP contribution in [0.15, 0.2) is 33.6 Å². The summed E-state index contributed by atoms with van der Waals surface area (Å²) < 4.78 is 3.00. The van der Waals surface area contributed by atoms with E-state index in [1.54, 1.807) is 18.7 Å². The van der Waals surface area contributed by atoms with Crippen LogP contribution in [0.4, 0.5) is 0 Å². The molecule has 0 aliphatic rings. The number of hydrogen-bond acceptors (Lipinski definition) is 3. The second-order valence-electron chi connectivity index (χ2n) is 4.50. The summed E-state index contributed by atoms with van der Waals surface area (Å²) in [5.41, 5.74) is 3.14. The van der Waals surface area contributed by atoms with Crippen LogP contribution in [0.2, 0.25) is 0 Å². The van der Waals surface area contributed by atoms with Gasteiger partial charge >= 0.3 is 0 Å². The Hall–Kier alpha value is -0.780. The minimum Gasteiger partial charge on any atom is -0.389 e. The van der Waals surface area contributed by atoms with Crippen molar-refractivity contribution in [1.82, 2.24) is 9.78 Å². The highest BCUT2D eigenvalue weighted by Gasteiger charge is 2.10. The highest BCUT2D eigenvalue weighted by Crippen LogP contribution is 2.29. The molecule has 2 rings (SSSR count). The molecule has 0 amide bonds. The van der Waals surface area contributed by atoms with Crippen molar-refractivity contribution in [3.05, 3.63) is 45.7 Å². The van der Waals surface area contributed by atoms with E-state index in [9.17, 15) is 5.11 Å². The molecular weight excluding hydrogens is 324 g/mol. The summed E-state index contributed by atoms with van der Waals surface area (Å²) in [6.07, 6.45) is -0.409. The first-order chi connectivity index (χ1) is 8.99. The van der Waals surface area contributed by atoms with E-state index in [2.05, 4.69) is 21.0 Å². The van der Waals surface area contributed by atoms with Crippen molar-refractivity contribution in [3.8, 4) is 0 Å². The Morgan fingerprint density at radius 3 is 2.47 bits per heavy atom. The van der Waals surface area contributed by atoms with Gasteiger partial charge < -0.3 is 5.11 Å². The number of hydrogen-bond donors (Lipinski definition) is 1. The molecule has 0 saturated heterocycles. The smallest absolute Gasteiger partial charge is 0.0761 e. The molecule has 3 nitrogen and oxygen atoms in total. The molecule has 1 heterocycles. The lowest BCUT2D eigenvalue weighted by Crippen LogP contribution is -1.96. The van der Waals surface area contributed by atoms with E-state index in [0.29, 0.717) is 0 Å². The number of aliphatic hydroxyl groups is 1. The summed E-state index contributed by atoms with van der Waals surface area (Å²) in [6, 6.07) is 8.03. The molecule has 1 atom stereocenters. The molecule has 0 aliphatic carbocycles. The summed E-state index contributed by atoms with van der Waals surface area (Å²) in [7, 11) is 1.96. The zero-order chi connectivity index (χ0) is 14.0. The van der Waals surface area contributed by atoms with Crippen molar-refractivity contribution in [2.75, 3.05) is 0 Å². The molecule has 1 aromatic carbocycles. The van der Waals surface area contributed by atoms with E-state index >= 15 is 0 Å². The third-order valence-corrected chi connectivity index (χ3v) is 5.05. The van der Waals surface area contributed by atoms with E-state index in [1.165, 1.54) is 10.6 Å². The van der Waals surface area contributed by atoms with Crippen LogP contribution in [0, 0.1) is 6.92 Å². The minimum absolute atomic E-state index is 0.409. The van der Waals surface area contributed by atoms with Gasteiger partial charge in [0.2, 0.25) is 0 Å². The van der Waals surface area contributed by atoms with E-state index in [-0.39, 0.29) is 0 Å². The molecule has 0 radical (unpaired) electrons. The number of halogens is 1. The molecule has 1 N–H and O–H groups in total. The molecule has 2 aromatic rings. The molecule has 0 fully saturated rings. The van der Waals surface area contributed by atoms with Crippen LogP contribution in [0.3, 0.4) is 0 Å². The van der Waals surface area contributed by atoms with Crippen LogP contribution in [0.5, 0.6) is 0 Å². The molecule has 0 saturated carbocycles. The third-order valence-electron chi connectivity index (χ3n) is 3.00. The van der Waals surface area contributed by atoms with Crippen LogP contribution in [-0.2, 0) is 12.8 Å². The predicted octanol–water partition coefficient (Wildman–Crippen LogP) is 3.84. The molecular formula is C14H17BrN2OS. The van der Waals surface area contributed by atoms with E-state index in [0.717, 1.165) is 21.5 Å². The molecule has 5 heteroatoms. The standard InChI is InChI=1S/C14H17BrN2OS/c1-9-14(15)13(17(3)16-9)8-19-12-6-4-11(5-7-12)10(2)18/h4-7,10,18H,8H2,1-3H3. The maximum absolute atomic E-state index is 9.47. The largest absolute Gasteiger partial charge is 0.389 e. The monoisotopic (exact) mass is 340 g/mol. The Kier molecular flexibility index (Phi) is 4.71. The summed E-state index contributed by atoms with van der Waals surface area (Å²) in [6.45, 7) is 3.77. The molecule has 0 spiro atoms. The minimum atomic E-state index is -0.409. The number of rotatable bonds is 4. The van der Waals surface area contributed by atoms with E-state index < -0.39 is 6.10 Å². The zero-order valence-electron chi connectivity index (χ0n) is 11.2. The number of aryl methyl sites for hydroxylation is 2. The Morgan fingerprint density at radius 1 is 1.37 bits per heavy atom. The Balaban J connectivity index is 2.06. The molecule has 1 aromatic heterocycles. The number of aromatic nitrogens is 2. The van der Waals surface area contributed by atoms with Gasteiger partial charge in [-0.2, -0.15) is 5.10 Å². The van der Waals surface area contributed by atoms with Gasteiger partial charge in [-0.15, -0.1) is 11.8 Å². The van der Waals surface area contributed by atoms with Gasteiger partial charge in [0, 0.05) is 17.7 Å². The van der Waals surface area contributed by atoms with Crippen molar-refractivity contribution in [2.45, 2.75) is 30.6 Å². The maximum Gasteiger partial charge on any atom is 0.0761 e. The Bertz CT molecular complexity index is 564. The van der Waals surface area contributed by atoms with Crippen LogP contribution < -0.4 is 0 Å². The van der Waals surface area contributed by atoms with Crippen molar-refractivity contribution < 1.29 is 5.11 Å². The first kappa shape index (κ1) is 14.6. The van der Waals surface area contributed by atoms with Gasteiger partial charge in [0.05, 0.1) is 22.0 Å². The average molecular weight is 341 g/mol. The van der Waals surface area contributed by atoms with Crippen LogP contribution in [-0.4, -0.2) is 14.9 Å². The van der Waals surface area contributed by atoms with Gasteiger partial charge in [-0.3, -0.25) is 4.68 Å². The van der Waals surface area contributed by atoms with Crippen molar-refractivity contribution in [2.24, 2.45) is 7.05 Å². The zero-order valence-corrected chi connectivity index (χ0v) is 13.6. The molecule has 0 bridgehead atoms. The lowest BCUT2D eigenvalue weighted by molar-refractivity contribution is 0.199. The van der Waals surface area contributed by atoms with Crippen LogP contribution >= 0.6 is 27.7 Å². The third kappa shape index (κ3) is 3.41. The second-order valence-corrected chi connectivity index (χ2v) is 6.35. The summed E-state index contributed by atoms with van der Waals surface area (Å²) >= 11 is 5.34. The number of thioether (sulfide) groups is 1. The number of nitrogens with zero attached hydrogens (tertiary/aromatic N) is 2. The van der Waals surface area contributed by atoms with Crippen LogP contribution in [0.1, 0.15) is 30.0 Å². The lowest BCUT2D eigenvalue weighted by atomic mass is 10.1. The summed E-state index contributed by atoms with van der Waals surface area (Å²) in [5, 5.41) is 13.9. The van der Waals surface area contributed by atoms with Gasteiger partial charge in [-0.05, 0) is 47.5 Å². The highest BCUT2D eigenvalue weighted by molar-refractivity contribution is 9.10. The van der Waals surface area contributed by atoms with Gasteiger partial charge in [-0.25, -0.2) is 0 Å². The van der Waals surface area contributed by atoms with Crippen molar-refractivity contribution >= 4 is 27.7 Å². The first-order valence-corrected chi connectivity index (χ1v) is 7.85. The quantitative estimate of drug-likeness (QED) is 0.859. The van der Waals surface area contributed by atoms with Gasteiger partial charge in [0.25, 0.3) is 0 Å². The maximum atomic E-state index is 9.47. The van der Waals surface area contributed by atoms with Crippen LogP contribution in [0.25, 0.3) is 0 Å². The fourth-order valence-electron chi connectivity index (χ4n) is 1.83. The van der Waals surface area contributed by atoms with E-state index in [4.69, 9.17) is 0 Å². The fourth-order valence-corrected chi connectivity index (χ4v) is 3.46. The predicted molar refractivity (Wildman–Crippen MR) is 82.3 cm³/mol. The normalized spacial score (nSPS) is 12.7. The lowest BCUT2D eigenvalue weighted by Gasteiger charge is -2.07. The van der Waals surface area contributed by atoms with Gasteiger partial charge in [-0.1, -0.05) is 12.1 Å². The van der Waals surface area contributed by atoms with Gasteiger partial charge in [0.15, 0.2) is 0 Å². The first-order valence-electron chi connectivity index (χ1n) is 6.08. The fraction of sp³-hybridized carbons (Fsp3) is 0.357. The number of benzene rings is 1. The van der Waals surface area contributed by atoms with Gasteiger partial charge in [0.1, 0.15) is 0 Å². The topological polar surface area (TPSA) is 38.0 Å². The summed E-state index contributed by atoms with van der Waals surface area (Å²) in [5.74, 6) is 0.867. The number of aliphatic hydroxyl groups excluding tert-OH is 1. The second kappa shape index (κ2) is 6.11.